The summed E-state index contributed by atoms with van der Waals surface area (Å²) in [6.45, 7) is 0. The number of rotatable bonds is 5. The van der Waals surface area contributed by atoms with Gasteiger partial charge in [0.05, 0.1) is 27.8 Å². The van der Waals surface area contributed by atoms with Gasteiger partial charge in [-0.05, 0) is 82.6 Å². The number of fused-ring (bicyclic) bond motifs is 7. The van der Waals surface area contributed by atoms with Gasteiger partial charge in [-0.2, -0.15) is 0 Å². The molecule has 0 bridgehead atoms. The largest absolute Gasteiger partial charge is 0.316 e. The SMILES string of the molecule is c1ccc(-c2ccc3cc(-c4nc(-c5cccc(-n6c7ccccc7c7ccc8c(ccn8-c8ccccc8)c76)c5)nc5ccccc45)ccc3c2)cc1. The van der Waals surface area contributed by atoms with E-state index in [4.69, 9.17) is 9.97 Å². The van der Waals surface area contributed by atoms with E-state index in [-0.39, 0.29) is 0 Å². The van der Waals surface area contributed by atoms with Crippen molar-refractivity contribution in [3.8, 4) is 45.1 Å². The van der Waals surface area contributed by atoms with Gasteiger partial charge in [0.25, 0.3) is 0 Å². The smallest absolute Gasteiger partial charge is 0.160 e. The second-order valence-electron chi connectivity index (χ2n) is 13.9. The zero-order valence-electron chi connectivity index (χ0n) is 29.3. The lowest BCUT2D eigenvalue weighted by Gasteiger charge is -2.13. The Morgan fingerprint density at radius 3 is 1.91 bits per heavy atom. The van der Waals surface area contributed by atoms with E-state index in [0.29, 0.717) is 5.82 Å². The van der Waals surface area contributed by atoms with Crippen molar-refractivity contribution < 1.29 is 0 Å². The predicted molar refractivity (Wildman–Crippen MR) is 225 cm³/mol. The number of para-hydroxylation sites is 3. The summed E-state index contributed by atoms with van der Waals surface area (Å²) in [5.74, 6) is 0.700. The second kappa shape index (κ2) is 12.1. The van der Waals surface area contributed by atoms with E-state index in [1.807, 2.05) is 0 Å². The molecule has 0 radical (unpaired) electrons. The van der Waals surface area contributed by atoms with Gasteiger partial charge in [0.2, 0.25) is 0 Å². The molecule has 0 atom stereocenters. The first-order valence-electron chi connectivity index (χ1n) is 18.3. The molecule has 0 saturated carbocycles. The maximum absolute atomic E-state index is 5.32. The van der Waals surface area contributed by atoms with Crippen molar-refractivity contribution in [1.29, 1.82) is 0 Å². The molecule has 3 heterocycles. The van der Waals surface area contributed by atoms with E-state index in [1.54, 1.807) is 0 Å². The van der Waals surface area contributed by atoms with Gasteiger partial charge in [-0.3, -0.25) is 0 Å². The maximum Gasteiger partial charge on any atom is 0.160 e. The van der Waals surface area contributed by atoms with Crippen LogP contribution < -0.4 is 0 Å². The Labute approximate surface area is 311 Å². The van der Waals surface area contributed by atoms with Crippen LogP contribution in [0, 0.1) is 0 Å². The van der Waals surface area contributed by atoms with Crippen LogP contribution in [-0.4, -0.2) is 19.1 Å². The lowest BCUT2D eigenvalue weighted by molar-refractivity contribution is 1.13. The third kappa shape index (κ3) is 4.85. The quantitative estimate of drug-likeness (QED) is 0.180. The Kier molecular flexibility index (Phi) is 6.82. The summed E-state index contributed by atoms with van der Waals surface area (Å²) in [5.41, 5.74) is 12.0. The normalized spacial score (nSPS) is 11.7. The lowest BCUT2D eigenvalue weighted by atomic mass is 9.98. The second-order valence-corrected chi connectivity index (χ2v) is 13.9. The zero-order chi connectivity index (χ0) is 35.6. The van der Waals surface area contributed by atoms with Gasteiger partial charge in [0, 0.05) is 50.2 Å². The molecule has 3 aromatic heterocycles. The van der Waals surface area contributed by atoms with Crippen LogP contribution in [0.15, 0.2) is 194 Å². The molecule has 0 unspecified atom stereocenters. The number of aromatic nitrogens is 4. The Morgan fingerprint density at radius 1 is 0.370 bits per heavy atom. The van der Waals surface area contributed by atoms with Crippen LogP contribution in [0.3, 0.4) is 0 Å². The van der Waals surface area contributed by atoms with Crippen molar-refractivity contribution in [2.24, 2.45) is 0 Å². The van der Waals surface area contributed by atoms with Gasteiger partial charge >= 0.3 is 0 Å². The summed E-state index contributed by atoms with van der Waals surface area (Å²) in [6, 6.07) is 66.9. The van der Waals surface area contributed by atoms with Crippen molar-refractivity contribution in [2.75, 3.05) is 0 Å². The fourth-order valence-corrected chi connectivity index (χ4v) is 8.17. The molecule has 0 aliphatic heterocycles. The molecule has 54 heavy (non-hydrogen) atoms. The highest BCUT2D eigenvalue weighted by atomic mass is 15.0. The van der Waals surface area contributed by atoms with Gasteiger partial charge in [0.15, 0.2) is 5.82 Å². The molecule has 0 N–H and O–H groups in total. The zero-order valence-corrected chi connectivity index (χ0v) is 29.3. The van der Waals surface area contributed by atoms with E-state index >= 15 is 0 Å². The predicted octanol–water partition coefficient (Wildman–Crippen LogP) is 12.8. The summed E-state index contributed by atoms with van der Waals surface area (Å²) in [7, 11) is 0. The van der Waals surface area contributed by atoms with Crippen molar-refractivity contribution in [3.05, 3.63) is 194 Å². The summed E-state index contributed by atoms with van der Waals surface area (Å²) < 4.78 is 4.67. The standard InChI is InChI=1S/C50H32N4/c1-3-12-33(13-4-1)34-22-23-36-31-37(25-24-35(36)30-34)48-43-19-7-9-20-45(43)51-50(52-48)38-14-11-17-40(32-38)54-47-21-10-8-18-41(47)42-26-27-46-44(49(42)54)28-29-53(46)39-15-5-2-6-16-39/h1-32H. The van der Waals surface area contributed by atoms with Crippen LogP contribution in [0.2, 0.25) is 0 Å². The van der Waals surface area contributed by atoms with Crippen molar-refractivity contribution in [1.82, 2.24) is 19.1 Å². The topological polar surface area (TPSA) is 35.6 Å². The molecule has 252 valence electrons. The fourth-order valence-electron chi connectivity index (χ4n) is 8.17. The third-order valence-corrected chi connectivity index (χ3v) is 10.7. The van der Waals surface area contributed by atoms with Crippen molar-refractivity contribution in [3.63, 3.8) is 0 Å². The Balaban J connectivity index is 1.07. The first-order valence-corrected chi connectivity index (χ1v) is 18.3. The first kappa shape index (κ1) is 30.3. The Morgan fingerprint density at radius 2 is 1.06 bits per heavy atom. The van der Waals surface area contributed by atoms with Crippen LogP contribution in [0.1, 0.15) is 0 Å². The highest BCUT2D eigenvalue weighted by Crippen LogP contribution is 2.39. The van der Waals surface area contributed by atoms with Gasteiger partial charge in [-0.1, -0.05) is 127 Å². The third-order valence-electron chi connectivity index (χ3n) is 10.7. The average Bonchev–Trinajstić information content (AvgIpc) is 3.83. The molecule has 0 saturated heterocycles. The molecule has 0 amide bonds. The molecule has 0 aliphatic carbocycles. The molecular formula is C50H32N4. The summed E-state index contributed by atoms with van der Waals surface area (Å²) in [5, 5.41) is 7.07. The van der Waals surface area contributed by atoms with Crippen LogP contribution in [0.4, 0.5) is 0 Å². The van der Waals surface area contributed by atoms with E-state index < -0.39 is 0 Å². The molecule has 4 nitrogen and oxygen atoms in total. The Bertz CT molecular complexity index is 3210. The first-order chi connectivity index (χ1) is 26.8. The molecule has 11 aromatic rings. The minimum absolute atomic E-state index is 0.700. The van der Waals surface area contributed by atoms with Crippen LogP contribution in [0.25, 0.3) is 99.5 Å². The van der Waals surface area contributed by atoms with Gasteiger partial charge in [-0.25, -0.2) is 9.97 Å². The maximum atomic E-state index is 5.32. The van der Waals surface area contributed by atoms with Gasteiger partial charge < -0.3 is 9.13 Å². The van der Waals surface area contributed by atoms with Gasteiger partial charge in [-0.15, -0.1) is 0 Å². The molecule has 4 heteroatoms. The van der Waals surface area contributed by atoms with Crippen molar-refractivity contribution in [2.45, 2.75) is 0 Å². The van der Waals surface area contributed by atoms with Crippen LogP contribution in [0.5, 0.6) is 0 Å². The average molecular weight is 689 g/mol. The summed E-state index contributed by atoms with van der Waals surface area (Å²) in [6.07, 6.45) is 2.18. The van der Waals surface area contributed by atoms with Crippen LogP contribution in [-0.2, 0) is 0 Å². The highest BCUT2D eigenvalue weighted by Gasteiger charge is 2.18. The minimum Gasteiger partial charge on any atom is -0.316 e. The monoisotopic (exact) mass is 688 g/mol. The van der Waals surface area contributed by atoms with Gasteiger partial charge in [0.1, 0.15) is 0 Å². The number of nitrogens with zero attached hydrogens (tertiary/aromatic N) is 4. The summed E-state index contributed by atoms with van der Waals surface area (Å²) in [4.78, 5) is 10.5. The highest BCUT2D eigenvalue weighted by molar-refractivity contribution is 6.18. The Hall–Kier alpha value is -7.30. The lowest BCUT2D eigenvalue weighted by Crippen LogP contribution is -1.98. The van der Waals surface area contributed by atoms with Crippen molar-refractivity contribution >= 4 is 54.4 Å². The number of hydrogen-bond donors (Lipinski definition) is 0. The molecule has 11 rings (SSSR count). The van der Waals surface area contributed by atoms with E-state index in [2.05, 4.69) is 203 Å². The fraction of sp³-hybridized carbons (Fsp3) is 0. The van der Waals surface area contributed by atoms with E-state index in [1.165, 1.54) is 49.1 Å². The molecule has 0 aliphatic rings. The molecule has 0 spiro atoms. The molecule has 0 fully saturated rings. The molecule has 8 aromatic carbocycles. The number of benzene rings is 8. The number of hydrogen-bond acceptors (Lipinski definition) is 2. The van der Waals surface area contributed by atoms with E-state index in [0.717, 1.165) is 44.6 Å². The summed E-state index contributed by atoms with van der Waals surface area (Å²) >= 11 is 0. The minimum atomic E-state index is 0.700. The molecular weight excluding hydrogens is 657 g/mol. The van der Waals surface area contributed by atoms with E-state index in [9.17, 15) is 0 Å². The van der Waals surface area contributed by atoms with Crippen LogP contribution >= 0.6 is 0 Å².